The second-order valence-corrected chi connectivity index (χ2v) is 6.13. The maximum atomic E-state index is 14.0. The molecule has 1 aromatic carbocycles. The maximum Gasteiger partial charge on any atom is 0.257 e. The average molecular weight is 353 g/mol. The van der Waals surface area contributed by atoms with Crippen molar-refractivity contribution in [2.45, 2.75) is 25.8 Å². The molecule has 0 saturated carbocycles. The van der Waals surface area contributed by atoms with Crippen molar-refractivity contribution in [1.82, 2.24) is 15.1 Å². The van der Waals surface area contributed by atoms with Crippen LogP contribution in [0.1, 0.15) is 30.1 Å². The first-order chi connectivity index (χ1) is 11.1. The Kier molecular flexibility index (Phi) is 5.96. The summed E-state index contributed by atoms with van der Waals surface area (Å²) in [5.74, 6) is -0.0315. The molecule has 1 aromatic heterocycles. The highest BCUT2D eigenvalue weighted by Gasteiger charge is 2.28. The molecule has 3 N–H and O–H groups in total. The third-order valence-electron chi connectivity index (χ3n) is 4.58. The third-order valence-corrected chi connectivity index (χ3v) is 4.58. The van der Waals surface area contributed by atoms with Crippen LogP contribution in [-0.2, 0) is 0 Å². The normalized spacial score (nSPS) is 16.5. The number of carbonyl (C=O) groups is 1. The van der Waals surface area contributed by atoms with Gasteiger partial charge in [-0.3, -0.25) is 9.89 Å². The van der Waals surface area contributed by atoms with Crippen molar-refractivity contribution in [1.29, 1.82) is 0 Å². The zero-order valence-electron chi connectivity index (χ0n) is 13.5. The van der Waals surface area contributed by atoms with Gasteiger partial charge in [-0.1, -0.05) is 12.1 Å². The molecular formula is C17H22ClFN4O. The van der Waals surface area contributed by atoms with Crippen LogP contribution < -0.4 is 5.73 Å². The number of H-pyrrole nitrogens is 1. The lowest BCUT2D eigenvalue weighted by Crippen LogP contribution is -2.42. The smallest absolute Gasteiger partial charge is 0.257 e. The fraction of sp³-hybridized carbons (Fsp3) is 0.412. The summed E-state index contributed by atoms with van der Waals surface area (Å²) in [4.78, 5) is 14.6. The lowest BCUT2D eigenvalue weighted by molar-refractivity contribution is 0.0682. The highest BCUT2D eigenvalue weighted by Crippen LogP contribution is 2.27. The number of carbonyl (C=O) groups excluding carboxylic acids is 1. The van der Waals surface area contributed by atoms with E-state index in [-0.39, 0.29) is 30.2 Å². The molecule has 1 amide bonds. The van der Waals surface area contributed by atoms with Crippen molar-refractivity contribution in [3.63, 3.8) is 0 Å². The molecule has 1 fully saturated rings. The largest absolute Gasteiger partial charge is 0.339 e. The van der Waals surface area contributed by atoms with Crippen LogP contribution in [0.4, 0.5) is 4.39 Å². The van der Waals surface area contributed by atoms with Gasteiger partial charge in [0.25, 0.3) is 5.91 Å². The quantitative estimate of drug-likeness (QED) is 0.891. The van der Waals surface area contributed by atoms with Crippen LogP contribution in [-0.4, -0.2) is 40.1 Å². The van der Waals surface area contributed by atoms with Crippen LogP contribution >= 0.6 is 12.4 Å². The number of nitrogens with zero attached hydrogens (tertiary/aromatic N) is 2. The van der Waals surface area contributed by atoms with E-state index in [1.807, 2.05) is 6.92 Å². The maximum absolute atomic E-state index is 14.0. The van der Waals surface area contributed by atoms with Crippen molar-refractivity contribution < 1.29 is 9.18 Å². The molecular weight excluding hydrogens is 331 g/mol. The number of piperidine rings is 1. The molecule has 24 heavy (non-hydrogen) atoms. The van der Waals surface area contributed by atoms with Gasteiger partial charge in [0.1, 0.15) is 5.82 Å². The number of nitrogens with two attached hydrogens (primary N) is 1. The summed E-state index contributed by atoms with van der Waals surface area (Å²) < 4.78 is 14.0. The second kappa shape index (κ2) is 7.77. The Labute approximate surface area is 146 Å². The number of likely N-dealkylation sites (tertiary alicyclic amines) is 1. The monoisotopic (exact) mass is 352 g/mol. The van der Waals surface area contributed by atoms with Gasteiger partial charge in [-0.05, 0) is 37.8 Å². The van der Waals surface area contributed by atoms with Gasteiger partial charge in [0.05, 0.1) is 17.5 Å². The summed E-state index contributed by atoms with van der Waals surface area (Å²) in [5, 5.41) is 6.69. The molecule has 2 aromatic rings. The van der Waals surface area contributed by atoms with Gasteiger partial charge in [-0.25, -0.2) is 4.39 Å². The van der Waals surface area contributed by atoms with Crippen LogP contribution in [0.25, 0.3) is 11.3 Å². The number of hydrogen-bond donors (Lipinski definition) is 2. The van der Waals surface area contributed by atoms with Gasteiger partial charge in [0.2, 0.25) is 0 Å². The Bertz CT molecular complexity index is 695. The van der Waals surface area contributed by atoms with Gasteiger partial charge < -0.3 is 10.6 Å². The molecule has 1 aliphatic heterocycles. The van der Waals surface area contributed by atoms with Gasteiger partial charge in [0, 0.05) is 24.7 Å². The molecule has 1 aliphatic rings. The fourth-order valence-corrected chi connectivity index (χ4v) is 3.12. The zero-order chi connectivity index (χ0) is 16.4. The molecule has 1 saturated heterocycles. The van der Waals surface area contributed by atoms with Crippen molar-refractivity contribution in [3.8, 4) is 11.3 Å². The highest BCUT2D eigenvalue weighted by molar-refractivity contribution is 5.99. The minimum absolute atomic E-state index is 0. The first-order valence-corrected chi connectivity index (χ1v) is 7.91. The van der Waals surface area contributed by atoms with E-state index in [0.717, 1.165) is 12.8 Å². The first-order valence-electron chi connectivity index (χ1n) is 7.91. The number of amides is 1. The minimum Gasteiger partial charge on any atom is -0.339 e. The first kappa shape index (κ1) is 18.4. The zero-order valence-corrected chi connectivity index (χ0v) is 14.4. The van der Waals surface area contributed by atoms with E-state index < -0.39 is 0 Å². The lowest BCUT2D eigenvalue weighted by Gasteiger charge is -2.33. The molecule has 0 radical (unpaired) electrons. The summed E-state index contributed by atoms with van der Waals surface area (Å²) >= 11 is 0. The SMILES string of the molecule is CC(N)C1CCN(C(=O)c2cn[nH]c2-c2ccccc2F)CC1.Cl. The molecule has 7 heteroatoms. The van der Waals surface area contributed by atoms with E-state index in [4.69, 9.17) is 5.73 Å². The molecule has 1 unspecified atom stereocenters. The van der Waals surface area contributed by atoms with Crippen LogP contribution in [0.2, 0.25) is 0 Å². The summed E-state index contributed by atoms with van der Waals surface area (Å²) in [5.41, 5.74) is 7.14. The molecule has 0 bridgehead atoms. The molecule has 0 spiro atoms. The van der Waals surface area contributed by atoms with Crippen molar-refractivity contribution in [2.24, 2.45) is 11.7 Å². The van der Waals surface area contributed by atoms with Crippen molar-refractivity contribution >= 4 is 18.3 Å². The van der Waals surface area contributed by atoms with Crippen LogP contribution in [0.15, 0.2) is 30.5 Å². The van der Waals surface area contributed by atoms with Crippen LogP contribution in [0.5, 0.6) is 0 Å². The molecule has 0 aliphatic carbocycles. The Morgan fingerprint density at radius 1 is 1.38 bits per heavy atom. The molecule has 1 atom stereocenters. The number of nitrogens with one attached hydrogen (secondary N) is 1. The van der Waals surface area contributed by atoms with Gasteiger partial charge in [-0.15, -0.1) is 12.4 Å². The number of benzene rings is 1. The van der Waals surface area contributed by atoms with E-state index in [9.17, 15) is 9.18 Å². The van der Waals surface area contributed by atoms with Crippen molar-refractivity contribution in [3.05, 3.63) is 41.8 Å². The Morgan fingerprint density at radius 2 is 2.04 bits per heavy atom. The van der Waals surface area contributed by atoms with Crippen LogP contribution in [0.3, 0.4) is 0 Å². The second-order valence-electron chi connectivity index (χ2n) is 6.13. The minimum atomic E-state index is -0.374. The molecule has 2 heterocycles. The topological polar surface area (TPSA) is 75.0 Å². The fourth-order valence-electron chi connectivity index (χ4n) is 3.12. The number of rotatable bonds is 3. The number of aromatic amines is 1. The third kappa shape index (κ3) is 3.60. The Balaban J connectivity index is 0.00000208. The summed E-state index contributed by atoms with van der Waals surface area (Å²) in [6, 6.07) is 6.52. The van der Waals surface area contributed by atoms with E-state index in [1.165, 1.54) is 12.3 Å². The highest BCUT2D eigenvalue weighted by atomic mass is 35.5. The van der Waals surface area contributed by atoms with E-state index in [0.29, 0.717) is 35.8 Å². The van der Waals surface area contributed by atoms with E-state index in [2.05, 4.69) is 10.2 Å². The van der Waals surface area contributed by atoms with Gasteiger partial charge >= 0.3 is 0 Å². The predicted molar refractivity (Wildman–Crippen MR) is 93.5 cm³/mol. The van der Waals surface area contributed by atoms with Gasteiger partial charge in [-0.2, -0.15) is 5.10 Å². The lowest BCUT2D eigenvalue weighted by atomic mass is 9.90. The number of hydrogen-bond acceptors (Lipinski definition) is 3. The summed E-state index contributed by atoms with van der Waals surface area (Å²) in [6.07, 6.45) is 3.27. The molecule has 3 rings (SSSR count). The van der Waals surface area contributed by atoms with E-state index >= 15 is 0 Å². The molecule has 130 valence electrons. The number of halogens is 2. The van der Waals surface area contributed by atoms with E-state index in [1.54, 1.807) is 23.1 Å². The standard InChI is InChI=1S/C17H21FN4O.ClH/c1-11(19)12-6-8-22(9-7-12)17(23)14-10-20-21-16(14)13-4-2-3-5-15(13)18;/h2-5,10-12H,6-9,19H2,1H3,(H,20,21);1H. The van der Waals surface area contributed by atoms with Crippen LogP contribution in [0, 0.1) is 11.7 Å². The predicted octanol–water partition coefficient (Wildman–Crippen LogP) is 2.84. The summed E-state index contributed by atoms with van der Waals surface area (Å²) in [7, 11) is 0. The van der Waals surface area contributed by atoms with Crippen molar-refractivity contribution in [2.75, 3.05) is 13.1 Å². The Morgan fingerprint density at radius 3 is 2.67 bits per heavy atom. The molecule has 5 nitrogen and oxygen atoms in total. The summed E-state index contributed by atoms with van der Waals surface area (Å²) in [6.45, 7) is 3.36. The van der Waals surface area contributed by atoms with Gasteiger partial charge in [0.15, 0.2) is 0 Å². The number of aromatic nitrogens is 2. The Hall–Kier alpha value is -1.92. The average Bonchev–Trinajstić information content (AvgIpc) is 3.04.